The van der Waals surface area contributed by atoms with Crippen molar-refractivity contribution >= 4 is 62.7 Å². The Morgan fingerprint density at radius 1 is 0.955 bits per heavy atom. The highest BCUT2D eigenvalue weighted by molar-refractivity contribution is 7.18. The predicted octanol–water partition coefficient (Wildman–Crippen LogP) is 2.16. The number of fused-ring (bicyclic) bond motifs is 1. The number of primary amides is 1. The summed E-state index contributed by atoms with van der Waals surface area (Å²) in [5.41, 5.74) is 11.7. The molecule has 1 aromatic carbocycles. The number of nitrogens with zero attached hydrogens (tertiary/aromatic N) is 1. The first kappa shape index (κ1) is 36.9. The first-order chi connectivity index (χ1) is 20.7. The molecule has 0 saturated heterocycles. The lowest BCUT2D eigenvalue weighted by molar-refractivity contribution is -0.134. The molecule has 5 amide bonds. The smallest absolute Gasteiger partial charge is 0.243 e. The van der Waals surface area contributed by atoms with E-state index in [0.29, 0.717) is 48.7 Å². The Morgan fingerprint density at radius 3 is 2.25 bits per heavy atom. The molecule has 0 fully saturated rings. The Hall–Kier alpha value is -3.29. The summed E-state index contributed by atoms with van der Waals surface area (Å²) in [5, 5.41) is 12.4. The van der Waals surface area contributed by atoms with E-state index < -0.39 is 53.6 Å². The summed E-state index contributed by atoms with van der Waals surface area (Å²) < 4.78 is 0.851. The Kier molecular flexibility index (Phi) is 15.0. The summed E-state index contributed by atoms with van der Waals surface area (Å²) in [5.74, 6) is -3.05. The summed E-state index contributed by atoms with van der Waals surface area (Å²) >= 11 is 7.47. The number of amides is 5. The lowest BCUT2D eigenvalue weighted by Crippen LogP contribution is -2.59. The number of hydrogen-bond donors (Lipinski definition) is 6. The van der Waals surface area contributed by atoms with Crippen LogP contribution in [0.2, 0.25) is 5.02 Å². The molecule has 0 aliphatic rings. The predicted molar refractivity (Wildman–Crippen MR) is 173 cm³/mol. The number of thiazole rings is 1. The van der Waals surface area contributed by atoms with Crippen LogP contribution in [0.3, 0.4) is 0 Å². The third-order valence-electron chi connectivity index (χ3n) is 7.42. The van der Waals surface area contributed by atoms with Gasteiger partial charge in [-0.05, 0) is 63.3 Å². The third-order valence-corrected chi connectivity index (χ3v) is 8.70. The maximum atomic E-state index is 13.6. The fraction of sp³-hybridized carbons (Fsp3) is 0.600. The molecule has 2 rings (SSSR count). The number of rotatable bonds is 18. The van der Waals surface area contributed by atoms with Gasteiger partial charge in [-0.3, -0.25) is 24.0 Å². The van der Waals surface area contributed by atoms with E-state index in [2.05, 4.69) is 26.3 Å². The Morgan fingerprint density at radius 2 is 1.64 bits per heavy atom. The summed E-state index contributed by atoms with van der Waals surface area (Å²) in [4.78, 5) is 68.5. The number of nitrogens with one attached hydrogen (secondary N) is 4. The van der Waals surface area contributed by atoms with Gasteiger partial charge in [-0.1, -0.05) is 38.8 Å². The molecule has 1 heterocycles. The van der Waals surface area contributed by atoms with E-state index in [9.17, 15) is 24.0 Å². The van der Waals surface area contributed by atoms with Crippen molar-refractivity contribution in [3.63, 3.8) is 0 Å². The SMILES string of the molecule is CC[C@H](C)[C@H](NC(=O)[C@H](Cc1nc2ccc(Cl)cc2s1)NC(C)=O)C(=O)N[C@@H](CCCCN)C(=O)N[C@@H](C)C[C@H](C)C(N)=O. The molecule has 8 N–H and O–H groups in total. The summed E-state index contributed by atoms with van der Waals surface area (Å²) in [7, 11) is 0. The standard InChI is InChI=1S/C30H46ClN7O5S/c1-6-16(2)26(30(43)37-22(9-7-8-12-32)28(41)34-18(4)13-17(3)27(33)40)38-29(42)23(35-19(5)39)15-25-36-21-11-10-20(31)14-24(21)44-25/h10-11,14,16-18,22-23,26H,6-9,12-13,15,32H2,1-5H3,(H2,33,40)(H,34,41)(H,35,39)(H,37,43)(H,38,42)/t16-,17-,18-,22-,23-,26-/m0/s1. The monoisotopic (exact) mass is 651 g/mol. The molecule has 0 bridgehead atoms. The Labute approximate surface area is 267 Å². The molecular weight excluding hydrogens is 606 g/mol. The van der Waals surface area contributed by atoms with Crippen molar-refractivity contribution in [3.05, 3.63) is 28.2 Å². The zero-order chi connectivity index (χ0) is 33.0. The molecule has 0 saturated carbocycles. The second-order valence-electron chi connectivity index (χ2n) is 11.3. The van der Waals surface area contributed by atoms with Crippen LogP contribution in [0, 0.1) is 11.8 Å². The molecule has 0 aliphatic heterocycles. The molecule has 44 heavy (non-hydrogen) atoms. The van der Waals surface area contributed by atoms with Gasteiger partial charge in [-0.2, -0.15) is 0 Å². The minimum atomic E-state index is -0.986. The molecule has 0 aliphatic carbocycles. The first-order valence-corrected chi connectivity index (χ1v) is 16.2. The van der Waals surface area contributed by atoms with Crippen LogP contribution in [0.1, 0.15) is 71.7 Å². The van der Waals surface area contributed by atoms with E-state index >= 15 is 0 Å². The summed E-state index contributed by atoms with van der Waals surface area (Å²) in [6.45, 7) is 8.92. The van der Waals surface area contributed by atoms with Crippen molar-refractivity contribution < 1.29 is 24.0 Å². The molecule has 244 valence electrons. The number of nitrogens with two attached hydrogens (primary N) is 2. The van der Waals surface area contributed by atoms with Gasteiger partial charge >= 0.3 is 0 Å². The van der Waals surface area contributed by atoms with E-state index in [-0.39, 0.29) is 18.4 Å². The molecule has 0 spiro atoms. The van der Waals surface area contributed by atoms with Crippen LogP contribution in [0.25, 0.3) is 10.2 Å². The maximum absolute atomic E-state index is 13.6. The van der Waals surface area contributed by atoms with Crippen molar-refractivity contribution in [2.24, 2.45) is 23.3 Å². The average Bonchev–Trinajstić information content (AvgIpc) is 3.35. The van der Waals surface area contributed by atoms with E-state index in [1.165, 1.54) is 18.3 Å². The fourth-order valence-electron chi connectivity index (χ4n) is 4.69. The number of aromatic nitrogens is 1. The Bertz CT molecular complexity index is 1310. The second-order valence-corrected chi connectivity index (χ2v) is 12.9. The largest absolute Gasteiger partial charge is 0.369 e. The van der Waals surface area contributed by atoms with Gasteiger partial charge in [0.1, 0.15) is 18.1 Å². The van der Waals surface area contributed by atoms with E-state index in [0.717, 1.165) is 10.2 Å². The van der Waals surface area contributed by atoms with Crippen LogP contribution >= 0.6 is 22.9 Å². The van der Waals surface area contributed by atoms with Crippen LogP contribution in [0.5, 0.6) is 0 Å². The first-order valence-electron chi connectivity index (χ1n) is 15.0. The molecule has 14 heteroatoms. The number of carbonyl (C=O) groups excluding carboxylic acids is 5. The average molecular weight is 652 g/mol. The highest BCUT2D eigenvalue weighted by Crippen LogP contribution is 2.26. The van der Waals surface area contributed by atoms with Gasteiger partial charge in [0.2, 0.25) is 29.5 Å². The number of hydrogen-bond acceptors (Lipinski definition) is 8. The van der Waals surface area contributed by atoms with Crippen molar-refractivity contribution in [2.45, 2.75) is 97.3 Å². The van der Waals surface area contributed by atoms with Gasteiger partial charge in [0.25, 0.3) is 0 Å². The van der Waals surface area contributed by atoms with Gasteiger partial charge in [0, 0.05) is 30.3 Å². The lowest BCUT2D eigenvalue weighted by atomic mass is 9.96. The fourth-order valence-corrected chi connectivity index (χ4v) is 5.98. The molecule has 2 aromatic rings. The number of benzene rings is 1. The van der Waals surface area contributed by atoms with E-state index in [1.54, 1.807) is 32.0 Å². The van der Waals surface area contributed by atoms with Crippen LogP contribution < -0.4 is 32.7 Å². The van der Waals surface area contributed by atoms with Gasteiger partial charge in [0.05, 0.1) is 15.2 Å². The number of carbonyl (C=O) groups is 5. The highest BCUT2D eigenvalue weighted by Gasteiger charge is 2.33. The summed E-state index contributed by atoms with van der Waals surface area (Å²) in [6.07, 6.45) is 2.62. The van der Waals surface area contributed by atoms with Crippen molar-refractivity contribution in [2.75, 3.05) is 6.54 Å². The van der Waals surface area contributed by atoms with Gasteiger partial charge < -0.3 is 32.7 Å². The minimum Gasteiger partial charge on any atom is -0.369 e. The lowest BCUT2D eigenvalue weighted by Gasteiger charge is -2.28. The van der Waals surface area contributed by atoms with Crippen LogP contribution in [-0.2, 0) is 30.4 Å². The third kappa shape index (κ3) is 11.7. The zero-order valence-electron chi connectivity index (χ0n) is 26.1. The van der Waals surface area contributed by atoms with E-state index in [4.69, 9.17) is 23.1 Å². The summed E-state index contributed by atoms with van der Waals surface area (Å²) in [6, 6.07) is 2.09. The van der Waals surface area contributed by atoms with Crippen molar-refractivity contribution in [1.82, 2.24) is 26.3 Å². The quantitative estimate of drug-likeness (QED) is 0.133. The zero-order valence-corrected chi connectivity index (χ0v) is 27.6. The normalized spacial score (nSPS) is 15.3. The van der Waals surface area contributed by atoms with E-state index in [1.807, 2.05) is 13.8 Å². The maximum Gasteiger partial charge on any atom is 0.243 e. The molecule has 0 radical (unpaired) electrons. The van der Waals surface area contributed by atoms with Gasteiger partial charge in [0.15, 0.2) is 0 Å². The van der Waals surface area contributed by atoms with Crippen LogP contribution in [-0.4, -0.2) is 65.2 Å². The number of halogens is 1. The number of unbranched alkanes of at least 4 members (excludes halogenated alkanes) is 1. The second kappa shape index (κ2) is 17.9. The van der Waals surface area contributed by atoms with Crippen LogP contribution in [0.15, 0.2) is 18.2 Å². The molecule has 1 aromatic heterocycles. The molecule has 0 unspecified atom stereocenters. The van der Waals surface area contributed by atoms with Gasteiger partial charge in [-0.25, -0.2) is 4.98 Å². The molecule has 12 nitrogen and oxygen atoms in total. The molecule has 6 atom stereocenters. The van der Waals surface area contributed by atoms with Gasteiger partial charge in [-0.15, -0.1) is 11.3 Å². The Balaban J connectivity index is 2.22. The highest BCUT2D eigenvalue weighted by atomic mass is 35.5. The van der Waals surface area contributed by atoms with Crippen molar-refractivity contribution in [1.29, 1.82) is 0 Å². The topological polar surface area (TPSA) is 198 Å². The minimum absolute atomic E-state index is 0.114. The van der Waals surface area contributed by atoms with Crippen LogP contribution in [0.4, 0.5) is 0 Å². The molecular formula is C30H46ClN7O5S. The van der Waals surface area contributed by atoms with Crippen molar-refractivity contribution in [3.8, 4) is 0 Å².